The zero-order chi connectivity index (χ0) is 16.6. The van der Waals surface area contributed by atoms with E-state index in [1.807, 2.05) is 20.8 Å². The van der Waals surface area contributed by atoms with E-state index in [2.05, 4.69) is 60.7 Å². The lowest BCUT2D eigenvalue weighted by Gasteiger charge is -2.39. The van der Waals surface area contributed by atoms with Gasteiger partial charge >= 0.3 is 8.80 Å². The first-order valence-corrected chi connectivity index (χ1v) is 11.0. The molecule has 0 bridgehead atoms. The Morgan fingerprint density at radius 1 is 1.00 bits per heavy atom. The topological polar surface area (TPSA) is 27.7 Å². The predicted octanol–water partition coefficient (Wildman–Crippen LogP) is 4.88. The van der Waals surface area contributed by atoms with Gasteiger partial charge in [-0.25, -0.2) is 0 Å². The fourth-order valence-electron chi connectivity index (χ4n) is 2.59. The molecule has 1 unspecified atom stereocenters. The van der Waals surface area contributed by atoms with Crippen molar-refractivity contribution in [3.8, 4) is 0 Å². The van der Waals surface area contributed by atoms with Crippen molar-refractivity contribution in [2.45, 2.75) is 50.5 Å². The van der Waals surface area contributed by atoms with Crippen molar-refractivity contribution >= 4 is 31.4 Å². The van der Waals surface area contributed by atoms with Gasteiger partial charge in [0, 0.05) is 19.8 Å². The summed E-state index contributed by atoms with van der Waals surface area (Å²) in [4.78, 5) is 0. The average molecular weight is 436 g/mol. The van der Waals surface area contributed by atoms with Crippen LogP contribution >= 0.6 is 22.6 Å². The molecule has 0 N–H and O–H groups in total. The summed E-state index contributed by atoms with van der Waals surface area (Å²) in [6.07, 6.45) is 2.24. The second-order valence-electron chi connectivity index (χ2n) is 5.31. The molecule has 1 rings (SSSR count). The van der Waals surface area contributed by atoms with Crippen LogP contribution in [0.2, 0.25) is 0 Å². The lowest BCUT2D eigenvalue weighted by Crippen LogP contribution is -2.59. The molecule has 126 valence electrons. The lowest BCUT2D eigenvalue weighted by atomic mass is 10.1. The van der Waals surface area contributed by atoms with Gasteiger partial charge in [0.15, 0.2) is 0 Å². The second-order valence-corrected chi connectivity index (χ2v) is 11.5. The van der Waals surface area contributed by atoms with Crippen LogP contribution in [0.4, 0.5) is 0 Å². The second kappa shape index (κ2) is 9.37. The monoisotopic (exact) mass is 436 g/mol. The largest absolute Gasteiger partial charge is 0.522 e. The molecule has 0 radical (unpaired) electrons. The van der Waals surface area contributed by atoms with E-state index in [-0.39, 0.29) is 3.04 Å². The minimum absolute atomic E-state index is 0.309. The highest BCUT2D eigenvalue weighted by Crippen LogP contribution is 2.42. The van der Waals surface area contributed by atoms with Gasteiger partial charge in [-0.2, -0.15) is 0 Å². The Balaban J connectivity index is 3.26. The smallest absolute Gasteiger partial charge is 0.373 e. The van der Waals surface area contributed by atoms with Gasteiger partial charge < -0.3 is 13.3 Å². The van der Waals surface area contributed by atoms with Gasteiger partial charge in [0.05, 0.1) is 0 Å². The van der Waals surface area contributed by atoms with Crippen LogP contribution in [0.25, 0.3) is 0 Å². The van der Waals surface area contributed by atoms with Gasteiger partial charge in [0.25, 0.3) is 0 Å². The van der Waals surface area contributed by atoms with Crippen molar-refractivity contribution in [2.24, 2.45) is 0 Å². The normalized spacial score (nSPS) is 14.8. The van der Waals surface area contributed by atoms with E-state index in [0.29, 0.717) is 19.8 Å². The van der Waals surface area contributed by atoms with Gasteiger partial charge in [-0.05, 0) is 45.2 Å². The van der Waals surface area contributed by atoms with Crippen LogP contribution in [-0.2, 0) is 22.7 Å². The van der Waals surface area contributed by atoms with E-state index in [0.717, 1.165) is 12.8 Å². The molecule has 0 aliphatic heterocycles. The first kappa shape index (κ1) is 20.1. The molecule has 1 aromatic carbocycles. The fourth-order valence-corrected chi connectivity index (χ4v) is 7.04. The molecular weight excluding hydrogens is 407 g/mol. The van der Waals surface area contributed by atoms with Crippen LogP contribution in [0.15, 0.2) is 24.3 Å². The summed E-state index contributed by atoms with van der Waals surface area (Å²) in [5.74, 6) is 0. The van der Waals surface area contributed by atoms with Gasteiger partial charge in [-0.3, -0.25) is 0 Å². The van der Waals surface area contributed by atoms with Crippen LogP contribution < -0.4 is 0 Å². The average Bonchev–Trinajstić information content (AvgIpc) is 2.48. The minimum atomic E-state index is -2.82. The highest BCUT2D eigenvalue weighted by molar-refractivity contribution is 14.1. The van der Waals surface area contributed by atoms with Gasteiger partial charge in [0.2, 0.25) is 0 Å². The summed E-state index contributed by atoms with van der Waals surface area (Å²) >= 11 is 2.46. The summed E-state index contributed by atoms with van der Waals surface area (Å²) in [7, 11) is -2.82. The van der Waals surface area contributed by atoms with Crippen molar-refractivity contribution in [3.05, 3.63) is 35.4 Å². The van der Waals surface area contributed by atoms with E-state index < -0.39 is 8.80 Å². The van der Waals surface area contributed by atoms with Crippen molar-refractivity contribution in [1.82, 2.24) is 0 Å². The Labute approximate surface area is 150 Å². The first-order valence-electron chi connectivity index (χ1n) is 8.17. The molecule has 0 heterocycles. The van der Waals surface area contributed by atoms with Crippen molar-refractivity contribution in [1.29, 1.82) is 0 Å². The maximum atomic E-state index is 6.12. The van der Waals surface area contributed by atoms with Crippen molar-refractivity contribution in [2.75, 3.05) is 19.8 Å². The van der Waals surface area contributed by atoms with E-state index in [1.165, 1.54) is 11.1 Å². The molecule has 0 spiro atoms. The molecule has 1 atom stereocenters. The number of aryl methyl sites for hydroxylation is 1. The molecular formula is C17H29IO3Si. The summed E-state index contributed by atoms with van der Waals surface area (Å²) in [6, 6.07) is 8.74. The Hall–Kier alpha value is 0.0469. The first-order chi connectivity index (χ1) is 10.5. The Morgan fingerprint density at radius 2 is 1.55 bits per heavy atom. The molecule has 0 aliphatic rings. The molecule has 0 aliphatic carbocycles. The number of halogens is 1. The van der Waals surface area contributed by atoms with Crippen LogP contribution in [0.1, 0.15) is 52.2 Å². The number of benzene rings is 1. The highest BCUT2D eigenvalue weighted by Gasteiger charge is 2.58. The van der Waals surface area contributed by atoms with Crippen molar-refractivity contribution in [3.63, 3.8) is 0 Å². The van der Waals surface area contributed by atoms with Crippen LogP contribution in [0.5, 0.6) is 0 Å². The third-order valence-corrected chi connectivity index (χ3v) is 9.64. The van der Waals surface area contributed by atoms with Crippen LogP contribution in [0, 0.1) is 0 Å². The summed E-state index contributed by atoms with van der Waals surface area (Å²) in [5, 5.41) is 0. The number of alkyl halides is 1. The predicted molar refractivity (Wildman–Crippen MR) is 102 cm³/mol. The number of hydrogen-bond donors (Lipinski definition) is 0. The van der Waals surface area contributed by atoms with Gasteiger partial charge in [-0.15, -0.1) is 0 Å². The SMILES string of the molecule is CCCc1cccc(C(C)(I)[Si](OCC)(OCC)OCC)c1. The van der Waals surface area contributed by atoms with Gasteiger partial charge in [-0.1, -0.05) is 60.2 Å². The van der Waals surface area contributed by atoms with Gasteiger partial charge in [0.1, 0.15) is 3.04 Å². The summed E-state index contributed by atoms with van der Waals surface area (Å²) in [5.41, 5.74) is 2.58. The Kier molecular flexibility index (Phi) is 8.56. The van der Waals surface area contributed by atoms with Crippen LogP contribution in [0.3, 0.4) is 0 Å². The maximum absolute atomic E-state index is 6.12. The zero-order valence-corrected chi connectivity index (χ0v) is 17.6. The molecule has 0 saturated carbocycles. The van der Waals surface area contributed by atoms with E-state index in [9.17, 15) is 0 Å². The standard InChI is InChI=1S/C17H29IO3Si/c1-6-11-15-12-10-13-16(14-15)17(5,18)22(19-7-2,20-8-3)21-9-4/h10,12-14H,6-9,11H2,1-5H3. The summed E-state index contributed by atoms with van der Waals surface area (Å²) in [6.45, 7) is 12.2. The molecule has 0 saturated heterocycles. The molecule has 0 amide bonds. The van der Waals surface area contributed by atoms with E-state index in [4.69, 9.17) is 13.3 Å². The minimum Gasteiger partial charge on any atom is -0.373 e. The molecule has 3 nitrogen and oxygen atoms in total. The number of hydrogen-bond acceptors (Lipinski definition) is 3. The molecule has 1 aromatic rings. The zero-order valence-electron chi connectivity index (χ0n) is 14.4. The molecule has 0 aromatic heterocycles. The fraction of sp³-hybridized carbons (Fsp3) is 0.647. The molecule has 0 fully saturated rings. The lowest BCUT2D eigenvalue weighted by molar-refractivity contribution is 0.0612. The molecule has 5 heteroatoms. The Morgan fingerprint density at radius 3 is 2.00 bits per heavy atom. The van der Waals surface area contributed by atoms with E-state index >= 15 is 0 Å². The van der Waals surface area contributed by atoms with E-state index in [1.54, 1.807) is 0 Å². The number of rotatable bonds is 10. The Bertz CT molecular complexity index is 434. The third kappa shape index (κ3) is 4.53. The highest BCUT2D eigenvalue weighted by atomic mass is 127. The molecule has 22 heavy (non-hydrogen) atoms. The quantitative estimate of drug-likeness (QED) is 0.297. The maximum Gasteiger partial charge on any atom is 0.522 e. The van der Waals surface area contributed by atoms with Crippen LogP contribution in [-0.4, -0.2) is 28.6 Å². The summed E-state index contributed by atoms with van der Waals surface area (Å²) < 4.78 is 18.0. The van der Waals surface area contributed by atoms with Crippen molar-refractivity contribution < 1.29 is 13.3 Å². The third-order valence-electron chi connectivity index (χ3n) is 3.59.